The number of hydrogen-bond acceptors (Lipinski definition) is 1. The fourth-order valence-electron chi connectivity index (χ4n) is 2.48. The molecule has 3 rings (SSSR count). The Kier molecular flexibility index (Phi) is 3.50. The van der Waals surface area contributed by atoms with Gasteiger partial charge in [-0.1, -0.05) is 23.7 Å². The number of rotatable bonds is 1. The Hall–Kier alpha value is -1.06. The Balaban J connectivity index is 1.92. The minimum atomic E-state index is -0.201. The zero-order valence-electron chi connectivity index (χ0n) is 10.1. The van der Waals surface area contributed by atoms with Crippen LogP contribution in [-0.4, -0.2) is 0 Å². The summed E-state index contributed by atoms with van der Waals surface area (Å²) in [6, 6.07) is 10.8. The Bertz CT molecular complexity index is 612. The summed E-state index contributed by atoms with van der Waals surface area (Å²) in [5, 5.41) is 4.24. The maximum atomic E-state index is 13.0. The molecule has 98 valence electrons. The summed E-state index contributed by atoms with van der Waals surface area (Å²) in [5.41, 5.74) is 3.41. The van der Waals surface area contributed by atoms with Crippen molar-refractivity contribution in [3.8, 4) is 0 Å². The largest absolute Gasteiger partial charge is 0.377 e. The molecule has 1 nitrogen and oxygen atoms in total. The lowest BCUT2D eigenvalue weighted by Crippen LogP contribution is -2.18. The molecule has 0 radical (unpaired) electrons. The highest BCUT2D eigenvalue weighted by atomic mass is 79.9. The second-order valence-corrected chi connectivity index (χ2v) is 6.00. The minimum Gasteiger partial charge on any atom is -0.377 e. The number of fused-ring (bicyclic) bond motifs is 1. The van der Waals surface area contributed by atoms with Gasteiger partial charge in [-0.3, -0.25) is 0 Å². The summed E-state index contributed by atoms with van der Waals surface area (Å²) in [5.74, 6) is -0.201. The molecule has 1 unspecified atom stereocenters. The Morgan fingerprint density at radius 1 is 1.21 bits per heavy atom. The van der Waals surface area contributed by atoms with Crippen molar-refractivity contribution in [1.82, 2.24) is 0 Å². The van der Waals surface area contributed by atoms with E-state index in [2.05, 4.69) is 21.2 Å². The van der Waals surface area contributed by atoms with E-state index < -0.39 is 0 Å². The van der Waals surface area contributed by atoms with Gasteiger partial charge in [0.2, 0.25) is 0 Å². The molecular weight excluding hydrogens is 329 g/mol. The zero-order chi connectivity index (χ0) is 13.4. The van der Waals surface area contributed by atoms with Gasteiger partial charge in [0.1, 0.15) is 5.82 Å². The molecule has 0 aliphatic carbocycles. The fraction of sp³-hybridized carbons (Fsp3) is 0.200. The van der Waals surface area contributed by atoms with Gasteiger partial charge in [0.15, 0.2) is 0 Å². The first-order valence-corrected chi connectivity index (χ1v) is 7.30. The third kappa shape index (κ3) is 2.63. The van der Waals surface area contributed by atoms with Crippen molar-refractivity contribution in [2.75, 3.05) is 5.32 Å². The highest BCUT2D eigenvalue weighted by Crippen LogP contribution is 2.39. The minimum absolute atomic E-state index is 0.201. The molecule has 0 saturated carbocycles. The van der Waals surface area contributed by atoms with Crippen molar-refractivity contribution in [3.05, 3.63) is 62.8 Å². The van der Waals surface area contributed by atoms with Gasteiger partial charge in [-0.2, -0.15) is 0 Å². The Morgan fingerprint density at radius 3 is 2.68 bits per heavy atom. The summed E-state index contributed by atoms with van der Waals surface area (Å²) < 4.78 is 13.9. The quantitative estimate of drug-likeness (QED) is 0.739. The molecule has 2 aromatic carbocycles. The van der Waals surface area contributed by atoms with Crippen LogP contribution < -0.4 is 5.32 Å². The van der Waals surface area contributed by atoms with E-state index in [1.165, 1.54) is 17.7 Å². The van der Waals surface area contributed by atoms with Crippen molar-refractivity contribution in [2.24, 2.45) is 0 Å². The average molecular weight is 341 g/mol. The summed E-state index contributed by atoms with van der Waals surface area (Å²) in [7, 11) is 0. The van der Waals surface area contributed by atoms with Crippen LogP contribution in [0.4, 0.5) is 10.1 Å². The molecule has 1 N–H and O–H groups in total. The van der Waals surface area contributed by atoms with Crippen LogP contribution in [0.5, 0.6) is 0 Å². The number of anilines is 1. The van der Waals surface area contributed by atoms with E-state index in [9.17, 15) is 4.39 Å². The van der Waals surface area contributed by atoms with Crippen LogP contribution in [0.15, 0.2) is 40.9 Å². The van der Waals surface area contributed by atoms with Gasteiger partial charge in [0.05, 0.1) is 11.7 Å². The van der Waals surface area contributed by atoms with Crippen LogP contribution in [0.2, 0.25) is 5.02 Å². The second-order valence-electron chi connectivity index (χ2n) is 4.71. The highest BCUT2D eigenvalue weighted by Gasteiger charge is 2.21. The summed E-state index contributed by atoms with van der Waals surface area (Å²) >= 11 is 9.59. The van der Waals surface area contributed by atoms with Crippen molar-refractivity contribution < 1.29 is 4.39 Å². The average Bonchev–Trinajstić information content (AvgIpc) is 2.39. The first-order valence-electron chi connectivity index (χ1n) is 6.13. The summed E-state index contributed by atoms with van der Waals surface area (Å²) in [4.78, 5) is 0. The van der Waals surface area contributed by atoms with Gasteiger partial charge in [-0.25, -0.2) is 4.39 Å². The molecule has 19 heavy (non-hydrogen) atoms. The van der Waals surface area contributed by atoms with Gasteiger partial charge < -0.3 is 5.32 Å². The maximum absolute atomic E-state index is 13.0. The molecule has 0 bridgehead atoms. The predicted octanol–water partition coefficient (Wildman–Crippen LogP) is 5.34. The number of nitrogens with one attached hydrogen (secondary N) is 1. The van der Waals surface area contributed by atoms with Crippen molar-refractivity contribution in [2.45, 2.75) is 18.9 Å². The van der Waals surface area contributed by atoms with Crippen LogP contribution in [0.3, 0.4) is 0 Å². The van der Waals surface area contributed by atoms with E-state index in [1.807, 2.05) is 24.3 Å². The summed E-state index contributed by atoms with van der Waals surface area (Å²) in [6.07, 6.45) is 1.94. The molecule has 2 aromatic rings. The normalized spacial score (nSPS) is 17.7. The van der Waals surface area contributed by atoms with Gasteiger partial charge in [0.25, 0.3) is 0 Å². The fourth-order valence-corrected chi connectivity index (χ4v) is 3.47. The third-order valence-electron chi connectivity index (χ3n) is 3.43. The molecule has 1 aliphatic heterocycles. The molecule has 0 fully saturated rings. The van der Waals surface area contributed by atoms with Gasteiger partial charge in [-0.05, 0) is 64.2 Å². The van der Waals surface area contributed by atoms with Gasteiger partial charge >= 0.3 is 0 Å². The van der Waals surface area contributed by atoms with Crippen LogP contribution in [0.1, 0.15) is 23.6 Å². The number of hydrogen-bond donors (Lipinski definition) is 1. The summed E-state index contributed by atoms with van der Waals surface area (Å²) in [6.45, 7) is 0. The molecule has 1 aliphatic rings. The van der Waals surface area contributed by atoms with E-state index >= 15 is 0 Å². The van der Waals surface area contributed by atoms with Crippen molar-refractivity contribution in [3.63, 3.8) is 0 Å². The SMILES string of the molecule is Fc1ccc(C2CCc3cc(Cl)cc(Br)c3N2)cc1. The van der Waals surface area contributed by atoms with Crippen LogP contribution in [0.25, 0.3) is 0 Å². The van der Waals surface area contributed by atoms with E-state index in [0.29, 0.717) is 0 Å². The zero-order valence-corrected chi connectivity index (χ0v) is 12.4. The Morgan fingerprint density at radius 2 is 1.95 bits per heavy atom. The molecule has 1 atom stereocenters. The van der Waals surface area contributed by atoms with Gasteiger partial charge in [-0.15, -0.1) is 0 Å². The number of halogens is 3. The molecule has 4 heteroatoms. The Labute approximate surface area is 124 Å². The standard InChI is InChI=1S/C15H12BrClFN/c16-13-8-11(17)7-10-3-6-14(19-15(10)13)9-1-4-12(18)5-2-9/h1-2,4-5,7-8,14,19H,3,6H2. The van der Waals surface area contributed by atoms with Crippen molar-refractivity contribution >= 4 is 33.2 Å². The molecule has 1 heterocycles. The predicted molar refractivity (Wildman–Crippen MR) is 80.2 cm³/mol. The first-order chi connectivity index (χ1) is 9.13. The maximum Gasteiger partial charge on any atom is 0.123 e. The topological polar surface area (TPSA) is 12.0 Å². The van der Waals surface area contributed by atoms with Crippen molar-refractivity contribution in [1.29, 1.82) is 0 Å². The van der Waals surface area contributed by atoms with Gasteiger partial charge in [0, 0.05) is 9.50 Å². The number of aryl methyl sites for hydroxylation is 1. The van der Waals surface area contributed by atoms with E-state index in [1.54, 1.807) is 0 Å². The lowest BCUT2D eigenvalue weighted by Gasteiger charge is -2.28. The molecule has 0 saturated heterocycles. The first kappa shape index (κ1) is 12.9. The number of benzene rings is 2. The van der Waals surface area contributed by atoms with E-state index in [0.717, 1.165) is 33.6 Å². The lowest BCUT2D eigenvalue weighted by atomic mass is 9.93. The lowest BCUT2D eigenvalue weighted by molar-refractivity contribution is 0.622. The van der Waals surface area contributed by atoms with Crippen LogP contribution in [0, 0.1) is 5.82 Å². The van der Waals surface area contributed by atoms with Crippen LogP contribution >= 0.6 is 27.5 Å². The molecular formula is C15H12BrClFN. The molecule has 0 aromatic heterocycles. The van der Waals surface area contributed by atoms with Crippen LogP contribution in [-0.2, 0) is 6.42 Å². The molecule has 0 amide bonds. The van der Waals surface area contributed by atoms with E-state index in [4.69, 9.17) is 11.6 Å². The third-order valence-corrected chi connectivity index (χ3v) is 4.27. The highest BCUT2D eigenvalue weighted by molar-refractivity contribution is 9.10. The van der Waals surface area contributed by atoms with E-state index in [-0.39, 0.29) is 11.9 Å². The second kappa shape index (κ2) is 5.14. The monoisotopic (exact) mass is 339 g/mol. The molecule has 0 spiro atoms. The smallest absolute Gasteiger partial charge is 0.123 e.